The molecule has 0 radical (unpaired) electrons. The minimum Gasteiger partial charge on any atom is -0.494 e. The average molecular weight is 266 g/mol. The highest BCUT2D eigenvalue weighted by Gasteiger charge is 2.36. The van der Waals surface area contributed by atoms with Crippen LogP contribution in [0.4, 0.5) is 4.39 Å². The Hall–Kier alpha value is -1.13. The number of nitrogens with two attached hydrogens (primary N) is 1. The van der Waals surface area contributed by atoms with Crippen LogP contribution in [0.15, 0.2) is 18.2 Å². The van der Waals surface area contributed by atoms with Crippen molar-refractivity contribution in [1.29, 1.82) is 0 Å². The van der Waals surface area contributed by atoms with Gasteiger partial charge in [0.05, 0.1) is 7.11 Å². The molecule has 1 aliphatic heterocycles. The van der Waals surface area contributed by atoms with Gasteiger partial charge in [0.15, 0.2) is 11.6 Å². The first-order chi connectivity index (χ1) is 8.99. The zero-order valence-electron chi connectivity index (χ0n) is 11.9. The van der Waals surface area contributed by atoms with Gasteiger partial charge in [-0.3, -0.25) is 4.90 Å². The minimum absolute atomic E-state index is 0.0675. The summed E-state index contributed by atoms with van der Waals surface area (Å²) < 4.78 is 18.8. The van der Waals surface area contributed by atoms with Crippen molar-refractivity contribution in [3.8, 4) is 5.75 Å². The molecule has 1 heterocycles. The summed E-state index contributed by atoms with van der Waals surface area (Å²) in [5, 5.41) is 0. The van der Waals surface area contributed by atoms with Crippen LogP contribution in [0.2, 0.25) is 0 Å². The maximum Gasteiger partial charge on any atom is 0.165 e. The monoisotopic (exact) mass is 266 g/mol. The molecule has 1 saturated heterocycles. The standard InChI is InChI=1S/C15H23FN2O/c1-15(2)7-4-8-18(15)13(10-17)11-5-6-14(19-3)12(16)9-11/h5-6,9,13H,4,7-8,10,17H2,1-3H3. The molecule has 1 aromatic rings. The molecule has 0 saturated carbocycles. The predicted molar refractivity (Wildman–Crippen MR) is 74.8 cm³/mol. The lowest BCUT2D eigenvalue weighted by molar-refractivity contribution is 0.119. The van der Waals surface area contributed by atoms with Gasteiger partial charge in [-0.05, 0) is 50.9 Å². The zero-order valence-corrected chi connectivity index (χ0v) is 11.9. The van der Waals surface area contributed by atoms with Crippen LogP contribution in [0.5, 0.6) is 5.75 Å². The highest BCUT2D eigenvalue weighted by atomic mass is 19.1. The van der Waals surface area contributed by atoms with Crippen molar-refractivity contribution in [3.63, 3.8) is 0 Å². The second kappa shape index (κ2) is 5.47. The van der Waals surface area contributed by atoms with Crippen molar-refractivity contribution < 1.29 is 9.13 Å². The number of hydrogen-bond donors (Lipinski definition) is 1. The van der Waals surface area contributed by atoms with E-state index in [0.717, 1.165) is 18.5 Å². The van der Waals surface area contributed by atoms with Crippen LogP contribution >= 0.6 is 0 Å². The molecule has 0 bridgehead atoms. The zero-order chi connectivity index (χ0) is 14.0. The maximum absolute atomic E-state index is 13.8. The molecule has 1 aromatic carbocycles. The Kier molecular flexibility index (Phi) is 4.11. The average Bonchev–Trinajstić information content (AvgIpc) is 2.71. The van der Waals surface area contributed by atoms with Crippen molar-refractivity contribution in [2.24, 2.45) is 5.73 Å². The summed E-state index contributed by atoms with van der Waals surface area (Å²) in [5.74, 6) is -0.0457. The molecular weight excluding hydrogens is 243 g/mol. The van der Waals surface area contributed by atoms with E-state index in [9.17, 15) is 4.39 Å². The lowest BCUT2D eigenvalue weighted by atomic mass is 9.97. The van der Waals surface area contributed by atoms with Gasteiger partial charge in [0.1, 0.15) is 0 Å². The molecule has 1 unspecified atom stereocenters. The van der Waals surface area contributed by atoms with E-state index in [2.05, 4.69) is 18.7 Å². The maximum atomic E-state index is 13.8. The lowest BCUT2D eigenvalue weighted by Gasteiger charge is -2.38. The third-order valence-corrected chi connectivity index (χ3v) is 4.13. The largest absolute Gasteiger partial charge is 0.494 e. The fourth-order valence-corrected chi connectivity index (χ4v) is 3.04. The number of benzene rings is 1. The smallest absolute Gasteiger partial charge is 0.165 e. The van der Waals surface area contributed by atoms with Gasteiger partial charge in [0.2, 0.25) is 0 Å². The number of halogens is 1. The van der Waals surface area contributed by atoms with E-state index in [0.29, 0.717) is 6.54 Å². The highest BCUT2D eigenvalue weighted by molar-refractivity contribution is 5.31. The van der Waals surface area contributed by atoms with Gasteiger partial charge >= 0.3 is 0 Å². The summed E-state index contributed by atoms with van der Waals surface area (Å²) >= 11 is 0. The number of likely N-dealkylation sites (tertiary alicyclic amines) is 1. The van der Waals surface area contributed by atoms with Crippen LogP contribution in [0, 0.1) is 5.82 Å². The first-order valence-corrected chi connectivity index (χ1v) is 6.80. The van der Waals surface area contributed by atoms with Crippen molar-refractivity contribution >= 4 is 0 Å². The molecule has 1 aliphatic rings. The highest BCUT2D eigenvalue weighted by Crippen LogP contribution is 2.36. The van der Waals surface area contributed by atoms with E-state index in [4.69, 9.17) is 10.5 Å². The molecule has 0 aliphatic carbocycles. The Labute approximate surface area is 114 Å². The van der Waals surface area contributed by atoms with Crippen molar-refractivity contribution in [3.05, 3.63) is 29.6 Å². The Bertz CT molecular complexity index is 448. The number of nitrogens with zero attached hydrogens (tertiary/aromatic N) is 1. The Morgan fingerprint density at radius 3 is 2.68 bits per heavy atom. The molecule has 1 fully saturated rings. The summed E-state index contributed by atoms with van der Waals surface area (Å²) in [5.41, 5.74) is 6.98. The van der Waals surface area contributed by atoms with Crippen LogP contribution in [0.1, 0.15) is 38.3 Å². The van der Waals surface area contributed by atoms with Gasteiger partial charge in [0.25, 0.3) is 0 Å². The van der Waals surface area contributed by atoms with Crippen LogP contribution in [-0.4, -0.2) is 30.6 Å². The van der Waals surface area contributed by atoms with E-state index >= 15 is 0 Å². The normalized spacial score (nSPS) is 20.5. The fourth-order valence-electron chi connectivity index (χ4n) is 3.04. The SMILES string of the molecule is COc1ccc(C(CN)N2CCCC2(C)C)cc1F. The van der Waals surface area contributed by atoms with Crippen molar-refractivity contribution in [2.45, 2.75) is 38.3 Å². The summed E-state index contributed by atoms with van der Waals surface area (Å²) in [6.07, 6.45) is 2.32. The predicted octanol–water partition coefficient (Wildman–Crippen LogP) is 2.71. The van der Waals surface area contributed by atoms with Crippen LogP contribution in [0.3, 0.4) is 0 Å². The van der Waals surface area contributed by atoms with Gasteiger partial charge < -0.3 is 10.5 Å². The van der Waals surface area contributed by atoms with Gasteiger partial charge in [-0.2, -0.15) is 0 Å². The summed E-state index contributed by atoms with van der Waals surface area (Å²) in [7, 11) is 1.47. The lowest BCUT2D eigenvalue weighted by Crippen LogP contribution is -2.43. The van der Waals surface area contributed by atoms with Crippen LogP contribution in [-0.2, 0) is 0 Å². The molecule has 3 nitrogen and oxygen atoms in total. The third kappa shape index (κ3) is 2.74. The molecule has 0 aromatic heterocycles. The van der Waals surface area contributed by atoms with E-state index in [-0.39, 0.29) is 23.1 Å². The quantitative estimate of drug-likeness (QED) is 0.910. The number of rotatable bonds is 4. The molecular formula is C15H23FN2O. The summed E-state index contributed by atoms with van der Waals surface area (Å²) in [4.78, 5) is 2.38. The summed E-state index contributed by atoms with van der Waals surface area (Å²) in [6, 6.07) is 5.20. The molecule has 106 valence electrons. The van der Waals surface area contributed by atoms with Gasteiger partial charge in [-0.25, -0.2) is 4.39 Å². The second-order valence-corrected chi connectivity index (χ2v) is 5.75. The Morgan fingerprint density at radius 1 is 1.47 bits per heavy atom. The van der Waals surface area contributed by atoms with Gasteiger partial charge in [0, 0.05) is 18.1 Å². The molecule has 0 amide bonds. The van der Waals surface area contributed by atoms with E-state index in [1.165, 1.54) is 13.5 Å². The van der Waals surface area contributed by atoms with Gasteiger partial charge in [-0.15, -0.1) is 0 Å². The molecule has 1 atom stereocenters. The molecule has 2 N–H and O–H groups in total. The van der Waals surface area contributed by atoms with Crippen molar-refractivity contribution in [1.82, 2.24) is 4.90 Å². The first-order valence-electron chi connectivity index (χ1n) is 6.80. The fraction of sp³-hybridized carbons (Fsp3) is 0.600. The molecule has 2 rings (SSSR count). The minimum atomic E-state index is -0.324. The molecule has 0 spiro atoms. The number of ether oxygens (including phenoxy) is 1. The Morgan fingerprint density at radius 2 is 2.21 bits per heavy atom. The third-order valence-electron chi connectivity index (χ3n) is 4.13. The van der Waals surface area contributed by atoms with E-state index in [1.54, 1.807) is 12.1 Å². The second-order valence-electron chi connectivity index (χ2n) is 5.75. The van der Waals surface area contributed by atoms with Crippen LogP contribution < -0.4 is 10.5 Å². The Balaban J connectivity index is 2.29. The first kappa shape index (κ1) is 14.3. The summed E-state index contributed by atoms with van der Waals surface area (Å²) in [6.45, 7) is 5.96. The van der Waals surface area contributed by atoms with Gasteiger partial charge in [-0.1, -0.05) is 6.07 Å². The van der Waals surface area contributed by atoms with Crippen LogP contribution in [0.25, 0.3) is 0 Å². The molecule has 19 heavy (non-hydrogen) atoms. The van der Waals surface area contributed by atoms with E-state index in [1.807, 2.05) is 6.07 Å². The number of hydrogen-bond acceptors (Lipinski definition) is 3. The molecule has 4 heteroatoms. The van der Waals surface area contributed by atoms with Crippen molar-refractivity contribution in [2.75, 3.05) is 20.2 Å². The van der Waals surface area contributed by atoms with E-state index < -0.39 is 0 Å². The topological polar surface area (TPSA) is 38.5 Å². The number of methoxy groups -OCH3 is 1.